The summed E-state index contributed by atoms with van der Waals surface area (Å²) in [6, 6.07) is 8.08. The summed E-state index contributed by atoms with van der Waals surface area (Å²) in [4.78, 5) is 0. The summed E-state index contributed by atoms with van der Waals surface area (Å²) < 4.78 is 5.73. The zero-order valence-corrected chi connectivity index (χ0v) is 11.0. The van der Waals surface area contributed by atoms with Gasteiger partial charge in [-0.2, -0.15) is 0 Å². The van der Waals surface area contributed by atoms with Crippen molar-refractivity contribution in [3.05, 3.63) is 29.8 Å². The Morgan fingerprint density at radius 3 is 2.71 bits per heavy atom. The minimum atomic E-state index is -0.378. The molecule has 3 nitrogen and oxygen atoms in total. The van der Waals surface area contributed by atoms with Gasteiger partial charge in [0.15, 0.2) is 0 Å². The number of hydrogen-bond acceptors (Lipinski definition) is 3. The van der Waals surface area contributed by atoms with Gasteiger partial charge in [-0.1, -0.05) is 26.0 Å². The standard InChI is InChI=1S/C14H23NO2/c1-4-12-7-6-8-13(9-12)17-11-14(3,10-16)15-5-2/h6-9,15-16H,4-5,10-11H2,1-3H3. The summed E-state index contributed by atoms with van der Waals surface area (Å²) in [6.45, 7) is 7.44. The average Bonchev–Trinajstić information content (AvgIpc) is 2.37. The third-order valence-electron chi connectivity index (χ3n) is 2.82. The van der Waals surface area contributed by atoms with E-state index < -0.39 is 0 Å². The fraction of sp³-hybridized carbons (Fsp3) is 0.571. The second kappa shape index (κ2) is 6.62. The summed E-state index contributed by atoms with van der Waals surface area (Å²) in [5.41, 5.74) is 0.883. The van der Waals surface area contributed by atoms with Crippen molar-refractivity contribution in [3.63, 3.8) is 0 Å². The molecule has 1 aromatic rings. The highest BCUT2D eigenvalue weighted by Gasteiger charge is 2.22. The molecule has 1 atom stereocenters. The number of aryl methyl sites for hydroxylation is 1. The molecule has 17 heavy (non-hydrogen) atoms. The van der Waals surface area contributed by atoms with Crippen molar-refractivity contribution >= 4 is 0 Å². The summed E-state index contributed by atoms with van der Waals surface area (Å²) in [6.07, 6.45) is 1.00. The van der Waals surface area contributed by atoms with E-state index in [1.165, 1.54) is 5.56 Å². The van der Waals surface area contributed by atoms with E-state index in [0.717, 1.165) is 18.7 Å². The van der Waals surface area contributed by atoms with E-state index in [9.17, 15) is 5.11 Å². The van der Waals surface area contributed by atoms with Crippen molar-refractivity contribution in [2.45, 2.75) is 32.7 Å². The van der Waals surface area contributed by atoms with Crippen LogP contribution < -0.4 is 10.1 Å². The van der Waals surface area contributed by atoms with E-state index in [1.807, 2.05) is 32.0 Å². The van der Waals surface area contributed by atoms with Gasteiger partial charge in [0.2, 0.25) is 0 Å². The van der Waals surface area contributed by atoms with E-state index >= 15 is 0 Å². The van der Waals surface area contributed by atoms with Crippen LogP contribution in [-0.2, 0) is 6.42 Å². The minimum absolute atomic E-state index is 0.0638. The predicted molar refractivity (Wildman–Crippen MR) is 70.5 cm³/mol. The number of aliphatic hydroxyl groups excluding tert-OH is 1. The highest BCUT2D eigenvalue weighted by Crippen LogP contribution is 2.15. The molecule has 96 valence electrons. The fourth-order valence-corrected chi connectivity index (χ4v) is 1.68. The molecule has 0 radical (unpaired) electrons. The molecular formula is C14H23NO2. The number of rotatable bonds is 7. The monoisotopic (exact) mass is 237 g/mol. The first kappa shape index (κ1) is 14.0. The Bertz CT molecular complexity index is 341. The first-order valence-corrected chi connectivity index (χ1v) is 6.21. The highest BCUT2D eigenvalue weighted by atomic mass is 16.5. The summed E-state index contributed by atoms with van der Waals surface area (Å²) >= 11 is 0. The lowest BCUT2D eigenvalue weighted by Gasteiger charge is -2.28. The molecule has 0 aliphatic rings. The zero-order valence-electron chi connectivity index (χ0n) is 11.0. The Labute approximate surface area is 104 Å². The number of aliphatic hydroxyl groups is 1. The van der Waals surface area contributed by atoms with Crippen LogP contribution in [0.5, 0.6) is 5.75 Å². The molecule has 0 aliphatic heterocycles. The smallest absolute Gasteiger partial charge is 0.119 e. The van der Waals surface area contributed by atoms with Gasteiger partial charge in [0.25, 0.3) is 0 Å². The number of nitrogens with one attached hydrogen (secondary N) is 1. The molecule has 0 heterocycles. The predicted octanol–water partition coefficient (Wildman–Crippen LogP) is 1.99. The van der Waals surface area contributed by atoms with Gasteiger partial charge in [0, 0.05) is 0 Å². The highest BCUT2D eigenvalue weighted by molar-refractivity contribution is 5.28. The third kappa shape index (κ3) is 4.36. The van der Waals surface area contributed by atoms with Crippen LogP contribution in [0, 0.1) is 0 Å². The topological polar surface area (TPSA) is 41.5 Å². The number of ether oxygens (including phenoxy) is 1. The van der Waals surface area contributed by atoms with Gasteiger partial charge < -0.3 is 15.2 Å². The van der Waals surface area contributed by atoms with Crippen molar-refractivity contribution in [1.82, 2.24) is 5.32 Å². The minimum Gasteiger partial charge on any atom is -0.492 e. The van der Waals surface area contributed by atoms with Crippen LogP contribution in [-0.4, -0.2) is 30.4 Å². The van der Waals surface area contributed by atoms with Crippen molar-refractivity contribution in [2.24, 2.45) is 0 Å². The van der Waals surface area contributed by atoms with Crippen LogP contribution in [0.25, 0.3) is 0 Å². The SMILES string of the molecule is CCNC(C)(CO)COc1cccc(CC)c1. The molecular weight excluding hydrogens is 214 g/mol. The van der Waals surface area contributed by atoms with Crippen LogP contribution >= 0.6 is 0 Å². The molecule has 0 spiro atoms. The Morgan fingerprint density at radius 2 is 2.12 bits per heavy atom. The first-order chi connectivity index (χ1) is 8.13. The van der Waals surface area contributed by atoms with Gasteiger partial charge in [-0.3, -0.25) is 0 Å². The molecule has 0 bridgehead atoms. The van der Waals surface area contributed by atoms with E-state index in [0.29, 0.717) is 6.61 Å². The molecule has 0 saturated carbocycles. The maximum Gasteiger partial charge on any atom is 0.119 e. The van der Waals surface area contributed by atoms with E-state index in [1.54, 1.807) is 0 Å². The Hall–Kier alpha value is -1.06. The summed E-state index contributed by atoms with van der Waals surface area (Å²) in [5, 5.41) is 12.6. The van der Waals surface area contributed by atoms with Crippen LogP contribution in [0.1, 0.15) is 26.3 Å². The van der Waals surface area contributed by atoms with Crippen LogP contribution in [0.3, 0.4) is 0 Å². The van der Waals surface area contributed by atoms with Gasteiger partial charge in [0.05, 0.1) is 12.1 Å². The van der Waals surface area contributed by atoms with Crippen LogP contribution in [0.4, 0.5) is 0 Å². The molecule has 1 rings (SSSR count). The largest absolute Gasteiger partial charge is 0.492 e. The normalized spacial score (nSPS) is 14.4. The lowest BCUT2D eigenvalue weighted by molar-refractivity contribution is 0.117. The molecule has 0 aliphatic carbocycles. The van der Waals surface area contributed by atoms with Crippen LogP contribution in [0.15, 0.2) is 24.3 Å². The van der Waals surface area contributed by atoms with Gasteiger partial charge >= 0.3 is 0 Å². The van der Waals surface area contributed by atoms with Crippen molar-refractivity contribution < 1.29 is 9.84 Å². The van der Waals surface area contributed by atoms with Crippen molar-refractivity contribution in [1.29, 1.82) is 0 Å². The van der Waals surface area contributed by atoms with Gasteiger partial charge in [0.1, 0.15) is 12.4 Å². The lowest BCUT2D eigenvalue weighted by Crippen LogP contribution is -2.50. The molecule has 0 aromatic heterocycles. The lowest BCUT2D eigenvalue weighted by atomic mass is 10.1. The van der Waals surface area contributed by atoms with Crippen molar-refractivity contribution in [2.75, 3.05) is 19.8 Å². The van der Waals surface area contributed by atoms with Crippen LogP contribution in [0.2, 0.25) is 0 Å². The van der Waals surface area contributed by atoms with E-state index in [-0.39, 0.29) is 12.1 Å². The Morgan fingerprint density at radius 1 is 1.35 bits per heavy atom. The molecule has 0 saturated heterocycles. The molecule has 2 N–H and O–H groups in total. The molecule has 0 amide bonds. The zero-order chi connectivity index (χ0) is 12.7. The van der Waals surface area contributed by atoms with Gasteiger partial charge in [-0.15, -0.1) is 0 Å². The number of likely N-dealkylation sites (N-methyl/N-ethyl adjacent to an activating group) is 1. The van der Waals surface area contributed by atoms with Crippen molar-refractivity contribution in [3.8, 4) is 5.75 Å². The second-order valence-electron chi connectivity index (χ2n) is 4.54. The molecule has 1 aromatic carbocycles. The first-order valence-electron chi connectivity index (χ1n) is 6.21. The maximum atomic E-state index is 9.35. The molecule has 3 heteroatoms. The fourth-order valence-electron chi connectivity index (χ4n) is 1.68. The average molecular weight is 237 g/mol. The second-order valence-corrected chi connectivity index (χ2v) is 4.54. The molecule has 1 unspecified atom stereocenters. The van der Waals surface area contributed by atoms with Gasteiger partial charge in [-0.05, 0) is 37.6 Å². The summed E-state index contributed by atoms with van der Waals surface area (Å²) in [5.74, 6) is 0.863. The summed E-state index contributed by atoms with van der Waals surface area (Å²) in [7, 11) is 0. The third-order valence-corrected chi connectivity index (χ3v) is 2.82. The van der Waals surface area contributed by atoms with Gasteiger partial charge in [-0.25, -0.2) is 0 Å². The number of hydrogen-bond donors (Lipinski definition) is 2. The quantitative estimate of drug-likeness (QED) is 0.762. The maximum absolute atomic E-state index is 9.35. The Balaban J connectivity index is 2.59. The molecule has 0 fully saturated rings. The van der Waals surface area contributed by atoms with E-state index in [4.69, 9.17) is 4.74 Å². The number of benzene rings is 1. The Kier molecular flexibility index (Phi) is 5.45. The van der Waals surface area contributed by atoms with E-state index in [2.05, 4.69) is 18.3 Å².